The van der Waals surface area contributed by atoms with Crippen LogP contribution in [0, 0.1) is 0 Å². The van der Waals surface area contributed by atoms with E-state index in [1.807, 2.05) is 47.8 Å². The first-order valence-corrected chi connectivity index (χ1v) is 13.2. The second-order valence-electron chi connectivity index (χ2n) is 8.55. The molecule has 190 valence electrons. The summed E-state index contributed by atoms with van der Waals surface area (Å²) in [4.78, 5) is 31.7. The predicted molar refractivity (Wildman–Crippen MR) is 150 cm³/mol. The van der Waals surface area contributed by atoms with Crippen molar-refractivity contribution in [1.82, 2.24) is 9.88 Å². The molecule has 1 aromatic heterocycles. The number of benzene rings is 3. The molecular weight excluding hydrogens is 529 g/mol. The molecular formula is C28H25Cl2N3O3S. The number of anilines is 1. The van der Waals surface area contributed by atoms with E-state index in [4.69, 9.17) is 33.3 Å². The van der Waals surface area contributed by atoms with Crippen LogP contribution in [0.25, 0.3) is 11.3 Å². The zero-order valence-electron chi connectivity index (χ0n) is 20.1. The van der Waals surface area contributed by atoms with Gasteiger partial charge in [-0.1, -0.05) is 71.7 Å². The Labute approximate surface area is 229 Å². The third-order valence-electron chi connectivity index (χ3n) is 5.78. The first-order valence-electron chi connectivity index (χ1n) is 11.6. The lowest BCUT2D eigenvalue weighted by Gasteiger charge is -2.22. The lowest BCUT2D eigenvalue weighted by molar-refractivity contribution is -0.137. The lowest BCUT2D eigenvalue weighted by atomic mass is 10.1. The largest absolute Gasteiger partial charge is 0.480 e. The van der Waals surface area contributed by atoms with Gasteiger partial charge in [0, 0.05) is 36.6 Å². The van der Waals surface area contributed by atoms with Crippen molar-refractivity contribution in [2.24, 2.45) is 0 Å². The van der Waals surface area contributed by atoms with Crippen LogP contribution in [-0.2, 0) is 17.8 Å². The molecule has 37 heavy (non-hydrogen) atoms. The van der Waals surface area contributed by atoms with Gasteiger partial charge in [0.1, 0.15) is 6.54 Å². The molecule has 0 aliphatic rings. The van der Waals surface area contributed by atoms with E-state index in [1.165, 1.54) is 17.5 Å². The molecule has 4 aromatic rings. The number of carboxylic acids is 1. The Hall–Kier alpha value is -3.39. The standard InChI is InChI=1S/C28H25Cl2N3O3S/c1-32(17-26(34)35)27(36)21-9-7-20(8-10-21)16-33(14-13-19-5-3-2-4-6-19)28-31-25(18-37-28)22-11-12-23(29)24(30)15-22/h2-12,15,18H,13-14,16-17H2,1H3,(H,34,35). The highest BCUT2D eigenvalue weighted by molar-refractivity contribution is 7.14. The summed E-state index contributed by atoms with van der Waals surface area (Å²) in [5.74, 6) is -1.38. The van der Waals surface area contributed by atoms with Crippen LogP contribution < -0.4 is 4.90 Å². The molecule has 4 rings (SSSR count). The van der Waals surface area contributed by atoms with Crippen molar-refractivity contribution >= 4 is 51.5 Å². The van der Waals surface area contributed by atoms with Crippen LogP contribution in [0.1, 0.15) is 21.5 Å². The van der Waals surface area contributed by atoms with E-state index in [0.717, 1.165) is 34.9 Å². The molecule has 0 radical (unpaired) electrons. The number of hydrogen-bond donors (Lipinski definition) is 1. The van der Waals surface area contributed by atoms with Crippen LogP contribution in [0.2, 0.25) is 10.0 Å². The van der Waals surface area contributed by atoms with Crippen LogP contribution >= 0.6 is 34.5 Å². The number of nitrogens with zero attached hydrogens (tertiary/aromatic N) is 3. The highest BCUT2D eigenvalue weighted by Gasteiger charge is 2.17. The molecule has 9 heteroatoms. The van der Waals surface area contributed by atoms with Crippen molar-refractivity contribution in [2.45, 2.75) is 13.0 Å². The predicted octanol–water partition coefficient (Wildman–Crippen LogP) is 6.52. The van der Waals surface area contributed by atoms with Crippen LogP contribution in [-0.4, -0.2) is 47.0 Å². The van der Waals surface area contributed by atoms with E-state index in [2.05, 4.69) is 17.0 Å². The minimum Gasteiger partial charge on any atom is -0.480 e. The fourth-order valence-corrected chi connectivity index (χ4v) is 4.98. The molecule has 6 nitrogen and oxygen atoms in total. The van der Waals surface area contributed by atoms with E-state index in [0.29, 0.717) is 22.2 Å². The number of aliphatic carboxylic acids is 1. The van der Waals surface area contributed by atoms with Crippen molar-refractivity contribution in [2.75, 3.05) is 25.0 Å². The maximum absolute atomic E-state index is 12.5. The molecule has 0 spiro atoms. The van der Waals surface area contributed by atoms with Gasteiger partial charge in [-0.15, -0.1) is 11.3 Å². The molecule has 0 saturated heterocycles. The topological polar surface area (TPSA) is 73.7 Å². The number of thiazole rings is 1. The number of carbonyl (C=O) groups is 2. The van der Waals surface area contributed by atoms with Crippen molar-refractivity contribution in [3.05, 3.63) is 105 Å². The Bertz CT molecular complexity index is 1380. The van der Waals surface area contributed by atoms with Crippen LogP contribution in [0.4, 0.5) is 5.13 Å². The van der Waals surface area contributed by atoms with Crippen molar-refractivity contribution < 1.29 is 14.7 Å². The summed E-state index contributed by atoms with van der Waals surface area (Å²) in [7, 11) is 1.48. The Morgan fingerprint density at radius 3 is 2.35 bits per heavy atom. The fourth-order valence-electron chi connectivity index (χ4n) is 3.82. The van der Waals surface area contributed by atoms with Gasteiger partial charge in [-0.3, -0.25) is 9.59 Å². The molecule has 0 saturated carbocycles. The van der Waals surface area contributed by atoms with E-state index < -0.39 is 5.97 Å². The van der Waals surface area contributed by atoms with Gasteiger partial charge >= 0.3 is 5.97 Å². The number of hydrogen-bond acceptors (Lipinski definition) is 5. The second-order valence-corrected chi connectivity index (χ2v) is 10.2. The van der Waals surface area contributed by atoms with Crippen LogP contribution in [0.15, 0.2) is 78.2 Å². The molecule has 1 amide bonds. The van der Waals surface area contributed by atoms with Crippen LogP contribution in [0.3, 0.4) is 0 Å². The van der Waals surface area contributed by atoms with E-state index in [1.54, 1.807) is 29.5 Å². The number of likely N-dealkylation sites (N-methyl/N-ethyl adjacent to an activating group) is 1. The maximum atomic E-state index is 12.5. The number of rotatable bonds is 10. The van der Waals surface area contributed by atoms with E-state index >= 15 is 0 Å². The number of carbonyl (C=O) groups excluding carboxylic acids is 1. The van der Waals surface area contributed by atoms with Crippen molar-refractivity contribution in [1.29, 1.82) is 0 Å². The van der Waals surface area contributed by atoms with Gasteiger partial charge in [0.05, 0.1) is 15.7 Å². The van der Waals surface area contributed by atoms with Crippen molar-refractivity contribution in [3.63, 3.8) is 0 Å². The monoisotopic (exact) mass is 553 g/mol. The van der Waals surface area contributed by atoms with Gasteiger partial charge in [0.2, 0.25) is 0 Å². The van der Waals surface area contributed by atoms with Gasteiger partial charge in [-0.25, -0.2) is 4.98 Å². The Morgan fingerprint density at radius 1 is 0.946 bits per heavy atom. The van der Waals surface area contributed by atoms with E-state index in [9.17, 15) is 9.59 Å². The minimum absolute atomic E-state index is 0.332. The summed E-state index contributed by atoms with van der Waals surface area (Å²) in [5, 5.41) is 12.8. The third-order valence-corrected chi connectivity index (χ3v) is 7.43. The molecule has 1 N–H and O–H groups in total. The second kappa shape index (κ2) is 12.2. The van der Waals surface area contributed by atoms with Crippen molar-refractivity contribution in [3.8, 4) is 11.3 Å². The third kappa shape index (κ3) is 7.10. The van der Waals surface area contributed by atoms with Crippen LogP contribution in [0.5, 0.6) is 0 Å². The molecule has 3 aromatic carbocycles. The summed E-state index contributed by atoms with van der Waals surface area (Å²) < 4.78 is 0. The van der Waals surface area contributed by atoms with E-state index in [-0.39, 0.29) is 12.5 Å². The van der Waals surface area contributed by atoms with Gasteiger partial charge in [0.25, 0.3) is 5.91 Å². The highest BCUT2D eigenvalue weighted by Crippen LogP contribution is 2.32. The summed E-state index contributed by atoms with van der Waals surface area (Å²) in [6.07, 6.45) is 0.846. The fraction of sp³-hybridized carbons (Fsp3) is 0.179. The molecule has 0 bridgehead atoms. The minimum atomic E-state index is -1.05. The quantitative estimate of drug-likeness (QED) is 0.242. The van der Waals surface area contributed by atoms with Gasteiger partial charge in [-0.2, -0.15) is 0 Å². The number of carboxylic acid groups (broad SMARTS) is 1. The summed E-state index contributed by atoms with van der Waals surface area (Å²) in [6.45, 7) is 1.00. The van der Waals surface area contributed by atoms with Gasteiger partial charge < -0.3 is 14.9 Å². The normalized spacial score (nSPS) is 10.8. The number of halogens is 2. The average molecular weight is 554 g/mol. The molecule has 0 fully saturated rings. The van der Waals surface area contributed by atoms with Gasteiger partial charge in [0.15, 0.2) is 5.13 Å². The smallest absolute Gasteiger partial charge is 0.323 e. The Morgan fingerprint density at radius 2 is 1.68 bits per heavy atom. The molecule has 0 atom stereocenters. The Kier molecular flexibility index (Phi) is 8.82. The SMILES string of the molecule is CN(CC(=O)O)C(=O)c1ccc(CN(CCc2ccccc2)c2nc(-c3ccc(Cl)c(Cl)c3)cs2)cc1. The summed E-state index contributed by atoms with van der Waals surface area (Å²) in [6, 6.07) is 23.0. The Balaban J connectivity index is 1.54. The highest BCUT2D eigenvalue weighted by atomic mass is 35.5. The first-order chi connectivity index (χ1) is 17.8. The zero-order valence-corrected chi connectivity index (χ0v) is 22.4. The molecule has 0 unspecified atom stereocenters. The summed E-state index contributed by atoms with van der Waals surface area (Å²) in [5.41, 5.74) is 4.41. The molecule has 1 heterocycles. The number of aromatic nitrogens is 1. The first kappa shape index (κ1) is 26.7. The summed E-state index contributed by atoms with van der Waals surface area (Å²) >= 11 is 13.8. The lowest BCUT2D eigenvalue weighted by Crippen LogP contribution is -2.31. The maximum Gasteiger partial charge on any atom is 0.323 e. The average Bonchev–Trinajstić information content (AvgIpc) is 3.38. The molecule has 0 aliphatic carbocycles. The zero-order chi connectivity index (χ0) is 26.4. The molecule has 0 aliphatic heterocycles. The number of amides is 1. The van der Waals surface area contributed by atoms with Gasteiger partial charge in [-0.05, 0) is 41.8 Å².